The highest BCUT2D eigenvalue weighted by atomic mass is 16.5. The molecule has 2 rings (SSSR count). The summed E-state index contributed by atoms with van der Waals surface area (Å²) in [4.78, 5) is 0. The average molecular weight is 354 g/mol. The minimum atomic E-state index is -0.399. The molecule has 4 heteroatoms. The van der Waals surface area contributed by atoms with E-state index >= 15 is 0 Å². The number of rotatable bonds is 4. The van der Waals surface area contributed by atoms with E-state index in [1.54, 1.807) is 0 Å². The smallest absolute Gasteiger partial charge is 0.0646 e. The predicted molar refractivity (Wildman–Crippen MR) is 109 cm³/mol. The van der Waals surface area contributed by atoms with Crippen molar-refractivity contribution in [2.75, 3.05) is 10.1 Å². The minimum Gasteiger partial charge on any atom is -0.288 e. The van der Waals surface area contributed by atoms with Crippen LogP contribution in [0.15, 0.2) is 55.1 Å². The van der Waals surface area contributed by atoms with E-state index in [0.717, 1.165) is 16.7 Å². The van der Waals surface area contributed by atoms with E-state index in [0.29, 0.717) is 11.4 Å². The summed E-state index contributed by atoms with van der Waals surface area (Å²) in [6, 6.07) is 15.3. The predicted octanol–water partition coefficient (Wildman–Crippen LogP) is 5.74. The molecule has 0 amide bonds. The highest BCUT2D eigenvalue weighted by Gasteiger charge is 2.21. The molecule has 0 aliphatic heterocycles. The molecule has 26 heavy (non-hydrogen) atoms. The van der Waals surface area contributed by atoms with Gasteiger partial charge >= 0.3 is 0 Å². The third-order valence-electron chi connectivity index (χ3n) is 4.15. The van der Waals surface area contributed by atoms with E-state index in [-0.39, 0.29) is 0 Å². The Morgan fingerprint density at radius 2 is 1.08 bits per heavy atom. The summed E-state index contributed by atoms with van der Waals surface area (Å²) in [5.41, 5.74) is 3.30. The fourth-order valence-electron chi connectivity index (χ4n) is 2.59. The van der Waals surface area contributed by atoms with Gasteiger partial charge in [-0.05, 0) is 82.5 Å². The van der Waals surface area contributed by atoms with Gasteiger partial charge in [0.1, 0.15) is 0 Å². The van der Waals surface area contributed by atoms with Gasteiger partial charge in [-0.2, -0.15) is 0 Å². The van der Waals surface area contributed by atoms with Crippen LogP contribution in [-0.4, -0.2) is 21.5 Å². The number of hydrogen-bond acceptors (Lipinski definition) is 4. The molecular weight excluding hydrogens is 324 g/mol. The standard InChI is InChI=1S/C22H30N2O2/c1-16(17-10-8-12-19(14-17)23(25)21(2,3)4)18-11-9-13-20(15-18)24(26)22(5,6)7/h8-15,25-26H,1H2,2-7H3. The summed E-state index contributed by atoms with van der Waals surface area (Å²) in [7, 11) is 0. The normalized spacial score (nSPS) is 12.0. The monoisotopic (exact) mass is 354 g/mol. The highest BCUT2D eigenvalue weighted by Crippen LogP contribution is 2.30. The van der Waals surface area contributed by atoms with Crippen molar-refractivity contribution in [3.05, 3.63) is 66.2 Å². The zero-order valence-electron chi connectivity index (χ0n) is 16.6. The molecule has 2 N–H and O–H groups in total. The Balaban J connectivity index is 2.36. The van der Waals surface area contributed by atoms with Crippen LogP contribution in [0.1, 0.15) is 52.7 Å². The number of benzene rings is 2. The molecule has 0 aromatic heterocycles. The van der Waals surface area contributed by atoms with Crippen molar-refractivity contribution in [2.45, 2.75) is 52.6 Å². The van der Waals surface area contributed by atoms with Gasteiger partial charge in [-0.15, -0.1) is 0 Å². The van der Waals surface area contributed by atoms with Crippen molar-refractivity contribution in [1.82, 2.24) is 0 Å². The van der Waals surface area contributed by atoms with Crippen LogP contribution in [0.2, 0.25) is 0 Å². The van der Waals surface area contributed by atoms with Gasteiger partial charge < -0.3 is 0 Å². The second-order valence-electron chi connectivity index (χ2n) is 8.54. The fourth-order valence-corrected chi connectivity index (χ4v) is 2.59. The van der Waals surface area contributed by atoms with Crippen LogP contribution < -0.4 is 10.1 Å². The molecule has 0 radical (unpaired) electrons. The van der Waals surface area contributed by atoms with Crippen molar-refractivity contribution < 1.29 is 10.4 Å². The van der Waals surface area contributed by atoms with Crippen LogP contribution in [0, 0.1) is 0 Å². The van der Waals surface area contributed by atoms with E-state index in [1.807, 2.05) is 90.1 Å². The van der Waals surface area contributed by atoms with E-state index in [1.165, 1.54) is 10.1 Å². The molecule has 0 unspecified atom stereocenters. The molecule has 0 saturated carbocycles. The summed E-state index contributed by atoms with van der Waals surface area (Å²) in [5.74, 6) is 0. The Morgan fingerprint density at radius 3 is 1.38 bits per heavy atom. The Morgan fingerprint density at radius 1 is 0.731 bits per heavy atom. The van der Waals surface area contributed by atoms with Crippen molar-refractivity contribution >= 4 is 16.9 Å². The van der Waals surface area contributed by atoms with Gasteiger partial charge in [-0.3, -0.25) is 20.5 Å². The van der Waals surface area contributed by atoms with E-state index in [4.69, 9.17) is 0 Å². The van der Waals surface area contributed by atoms with Crippen molar-refractivity contribution in [2.24, 2.45) is 0 Å². The second-order valence-corrected chi connectivity index (χ2v) is 8.54. The van der Waals surface area contributed by atoms with Crippen LogP contribution in [-0.2, 0) is 0 Å². The Kier molecular flexibility index (Phi) is 5.49. The first kappa shape index (κ1) is 20.0. The molecule has 0 aliphatic carbocycles. The van der Waals surface area contributed by atoms with E-state index in [9.17, 15) is 10.4 Å². The van der Waals surface area contributed by atoms with Crippen molar-refractivity contribution in [3.8, 4) is 0 Å². The van der Waals surface area contributed by atoms with Crippen molar-refractivity contribution in [1.29, 1.82) is 0 Å². The topological polar surface area (TPSA) is 46.9 Å². The first-order valence-electron chi connectivity index (χ1n) is 8.79. The molecule has 2 aromatic rings. The summed E-state index contributed by atoms with van der Waals surface area (Å²) in [5, 5.41) is 23.3. The van der Waals surface area contributed by atoms with Gasteiger partial charge in [-0.25, -0.2) is 0 Å². The number of hydrogen-bond donors (Lipinski definition) is 2. The first-order chi connectivity index (χ1) is 11.9. The fraction of sp³-hybridized carbons (Fsp3) is 0.364. The van der Waals surface area contributed by atoms with Crippen LogP contribution >= 0.6 is 0 Å². The zero-order chi connectivity index (χ0) is 19.7. The van der Waals surface area contributed by atoms with Gasteiger partial charge in [0, 0.05) is 0 Å². The zero-order valence-corrected chi connectivity index (χ0v) is 16.6. The van der Waals surface area contributed by atoms with Crippen LogP contribution in [0.3, 0.4) is 0 Å². The average Bonchev–Trinajstić information content (AvgIpc) is 2.58. The van der Waals surface area contributed by atoms with Gasteiger partial charge in [0.05, 0.1) is 22.5 Å². The molecule has 0 aliphatic rings. The van der Waals surface area contributed by atoms with E-state index in [2.05, 4.69) is 6.58 Å². The van der Waals surface area contributed by atoms with Crippen molar-refractivity contribution in [3.63, 3.8) is 0 Å². The SMILES string of the molecule is C=C(c1cccc(N(O)C(C)(C)C)c1)c1cccc(N(O)C(C)(C)C)c1. The molecule has 0 heterocycles. The van der Waals surface area contributed by atoms with Gasteiger partial charge in [0.2, 0.25) is 0 Å². The molecule has 0 fully saturated rings. The number of hydroxylamine groups is 2. The Hall–Kier alpha value is -2.30. The second kappa shape index (κ2) is 7.14. The third kappa shape index (κ3) is 4.45. The molecule has 0 bridgehead atoms. The maximum Gasteiger partial charge on any atom is 0.0646 e. The Labute approximate surface area is 156 Å². The van der Waals surface area contributed by atoms with Crippen LogP contribution in [0.4, 0.5) is 11.4 Å². The summed E-state index contributed by atoms with van der Waals surface area (Å²) < 4.78 is 0. The largest absolute Gasteiger partial charge is 0.288 e. The van der Waals surface area contributed by atoms with Crippen LogP contribution in [0.25, 0.3) is 5.57 Å². The molecule has 0 saturated heterocycles. The van der Waals surface area contributed by atoms with Gasteiger partial charge in [-0.1, -0.05) is 30.8 Å². The lowest BCUT2D eigenvalue weighted by Crippen LogP contribution is -2.38. The highest BCUT2D eigenvalue weighted by molar-refractivity contribution is 5.81. The van der Waals surface area contributed by atoms with Gasteiger partial charge in [0.15, 0.2) is 0 Å². The lowest BCUT2D eigenvalue weighted by Gasteiger charge is -2.32. The lowest BCUT2D eigenvalue weighted by atomic mass is 9.97. The third-order valence-corrected chi connectivity index (χ3v) is 4.15. The summed E-state index contributed by atoms with van der Waals surface area (Å²) in [6.45, 7) is 15.9. The first-order valence-corrected chi connectivity index (χ1v) is 8.79. The van der Waals surface area contributed by atoms with E-state index < -0.39 is 11.1 Å². The quantitative estimate of drug-likeness (QED) is 0.688. The minimum absolute atomic E-state index is 0.399. The molecule has 0 atom stereocenters. The number of nitrogens with zero attached hydrogens (tertiary/aromatic N) is 2. The molecule has 2 aromatic carbocycles. The molecule has 140 valence electrons. The van der Waals surface area contributed by atoms with Crippen LogP contribution in [0.5, 0.6) is 0 Å². The molecular formula is C22H30N2O2. The maximum atomic E-state index is 10.4. The maximum absolute atomic E-state index is 10.4. The summed E-state index contributed by atoms with van der Waals surface area (Å²) in [6.07, 6.45) is 0. The van der Waals surface area contributed by atoms with Gasteiger partial charge in [0.25, 0.3) is 0 Å². The lowest BCUT2D eigenvalue weighted by molar-refractivity contribution is 0.181. The molecule has 4 nitrogen and oxygen atoms in total. The Bertz CT molecular complexity index is 720. The summed E-state index contributed by atoms with van der Waals surface area (Å²) >= 11 is 0. The number of anilines is 2. The molecule has 0 spiro atoms.